The van der Waals surface area contributed by atoms with Crippen LogP contribution in [-0.2, 0) is 17.6 Å². The van der Waals surface area contributed by atoms with Gasteiger partial charge in [0.25, 0.3) is 5.91 Å². The molecule has 1 aliphatic carbocycles. The van der Waals surface area contributed by atoms with Crippen LogP contribution in [0, 0.1) is 5.92 Å². The summed E-state index contributed by atoms with van der Waals surface area (Å²) < 4.78 is 0. The number of carbonyl (C=O) groups excluding carboxylic acids is 2. The van der Waals surface area contributed by atoms with Crippen LogP contribution >= 0.6 is 11.3 Å². The van der Waals surface area contributed by atoms with Gasteiger partial charge in [-0.3, -0.25) is 9.59 Å². The Kier molecular flexibility index (Phi) is 5.83. The molecule has 6 heteroatoms. The van der Waals surface area contributed by atoms with Crippen molar-refractivity contribution < 1.29 is 9.59 Å². The molecule has 0 bridgehead atoms. The van der Waals surface area contributed by atoms with Gasteiger partial charge in [-0.05, 0) is 50.8 Å². The van der Waals surface area contributed by atoms with E-state index in [2.05, 4.69) is 18.0 Å². The monoisotopic (exact) mass is 389 g/mol. The Morgan fingerprint density at radius 2 is 1.67 bits per heavy atom. The number of thiophene rings is 1. The smallest absolute Gasteiger partial charge is 0.263 e. The summed E-state index contributed by atoms with van der Waals surface area (Å²) in [7, 11) is 2.11. The molecule has 0 radical (unpaired) electrons. The summed E-state index contributed by atoms with van der Waals surface area (Å²) in [5.74, 6) is 0.621. The van der Waals surface area contributed by atoms with E-state index in [0.29, 0.717) is 5.91 Å². The van der Waals surface area contributed by atoms with Crippen LogP contribution in [-0.4, -0.2) is 72.8 Å². The van der Waals surface area contributed by atoms with Crippen LogP contribution in [0.25, 0.3) is 0 Å². The SMILES string of the molecule is CN1CCN(C(=O)C2CCc3sc(C(=O)N4CCCCCC4)cc3C2)CC1. The molecule has 2 fully saturated rings. The van der Waals surface area contributed by atoms with Crippen molar-refractivity contribution in [3.8, 4) is 0 Å². The van der Waals surface area contributed by atoms with E-state index >= 15 is 0 Å². The Morgan fingerprint density at radius 3 is 2.37 bits per heavy atom. The fourth-order valence-corrected chi connectivity index (χ4v) is 5.73. The Hall–Kier alpha value is -1.40. The van der Waals surface area contributed by atoms with E-state index in [9.17, 15) is 9.59 Å². The second-order valence-corrected chi connectivity index (χ2v) is 9.47. The summed E-state index contributed by atoms with van der Waals surface area (Å²) in [6, 6.07) is 2.09. The predicted octanol–water partition coefficient (Wildman–Crippen LogP) is 2.64. The summed E-state index contributed by atoms with van der Waals surface area (Å²) in [5.41, 5.74) is 1.25. The Labute approximate surface area is 166 Å². The van der Waals surface area contributed by atoms with Gasteiger partial charge in [0.05, 0.1) is 4.88 Å². The first-order chi connectivity index (χ1) is 13.1. The molecule has 2 saturated heterocycles. The van der Waals surface area contributed by atoms with Crippen molar-refractivity contribution in [1.82, 2.24) is 14.7 Å². The molecule has 1 atom stereocenters. The van der Waals surface area contributed by atoms with Gasteiger partial charge in [0.1, 0.15) is 0 Å². The summed E-state index contributed by atoms with van der Waals surface area (Å²) >= 11 is 1.67. The minimum atomic E-state index is 0.0941. The molecule has 0 aromatic carbocycles. The number of carbonyl (C=O) groups is 2. The molecule has 2 aliphatic heterocycles. The molecule has 148 valence electrons. The highest BCUT2D eigenvalue weighted by molar-refractivity contribution is 7.14. The first-order valence-electron chi connectivity index (χ1n) is 10.5. The quantitative estimate of drug-likeness (QED) is 0.781. The third-order valence-electron chi connectivity index (χ3n) is 6.35. The highest BCUT2D eigenvalue weighted by Gasteiger charge is 2.32. The zero-order valence-electron chi connectivity index (χ0n) is 16.4. The summed E-state index contributed by atoms with van der Waals surface area (Å²) in [6.45, 7) is 5.42. The van der Waals surface area contributed by atoms with E-state index in [0.717, 1.165) is 76.2 Å². The number of hydrogen-bond donors (Lipinski definition) is 0. The molecule has 1 aromatic rings. The van der Waals surface area contributed by atoms with Crippen molar-refractivity contribution in [2.75, 3.05) is 46.3 Å². The number of likely N-dealkylation sites (tertiary alicyclic amines) is 1. The number of nitrogens with zero attached hydrogens (tertiary/aromatic N) is 3. The molecule has 0 spiro atoms. The molecule has 1 unspecified atom stereocenters. The lowest BCUT2D eigenvalue weighted by molar-refractivity contribution is -0.137. The normalized spacial score (nSPS) is 24.4. The summed E-state index contributed by atoms with van der Waals surface area (Å²) in [4.78, 5) is 34.4. The molecular weight excluding hydrogens is 358 g/mol. The van der Waals surface area contributed by atoms with Crippen LogP contribution < -0.4 is 0 Å². The molecule has 1 aromatic heterocycles. The Morgan fingerprint density at radius 1 is 0.963 bits per heavy atom. The van der Waals surface area contributed by atoms with Gasteiger partial charge in [-0.25, -0.2) is 0 Å². The van der Waals surface area contributed by atoms with E-state index in [1.54, 1.807) is 11.3 Å². The van der Waals surface area contributed by atoms with Gasteiger partial charge in [0.15, 0.2) is 0 Å². The topological polar surface area (TPSA) is 43.9 Å². The lowest BCUT2D eigenvalue weighted by atomic mass is 9.87. The Bertz CT molecular complexity index is 686. The number of aryl methyl sites for hydroxylation is 1. The first kappa shape index (κ1) is 18.9. The molecule has 3 heterocycles. The van der Waals surface area contributed by atoms with Crippen LogP contribution in [0.3, 0.4) is 0 Å². The van der Waals surface area contributed by atoms with E-state index < -0.39 is 0 Å². The lowest BCUT2D eigenvalue weighted by Gasteiger charge is -2.35. The molecule has 0 N–H and O–H groups in total. The molecule has 2 amide bonds. The molecule has 5 nitrogen and oxygen atoms in total. The van der Waals surface area contributed by atoms with Crippen molar-refractivity contribution in [2.24, 2.45) is 5.92 Å². The van der Waals surface area contributed by atoms with E-state index in [1.807, 2.05) is 9.80 Å². The number of likely N-dealkylation sites (N-methyl/N-ethyl adjacent to an activating group) is 1. The molecule has 3 aliphatic rings. The third kappa shape index (κ3) is 4.21. The standard InChI is InChI=1S/C21H31N3O2S/c1-22-10-12-24(13-11-22)20(25)16-6-7-18-17(14-16)15-19(27-18)21(26)23-8-4-2-3-5-9-23/h15-16H,2-14H2,1H3. The zero-order chi connectivity index (χ0) is 18.8. The summed E-state index contributed by atoms with van der Waals surface area (Å²) in [6.07, 6.45) is 7.40. The minimum Gasteiger partial charge on any atom is -0.340 e. The Balaban J connectivity index is 1.41. The van der Waals surface area contributed by atoms with Gasteiger partial charge in [-0.1, -0.05) is 12.8 Å². The maximum atomic E-state index is 12.9. The third-order valence-corrected chi connectivity index (χ3v) is 7.58. The highest BCUT2D eigenvalue weighted by Crippen LogP contribution is 2.34. The van der Waals surface area contributed by atoms with Gasteiger partial charge >= 0.3 is 0 Å². The summed E-state index contributed by atoms with van der Waals surface area (Å²) in [5, 5.41) is 0. The van der Waals surface area contributed by atoms with Crippen molar-refractivity contribution in [3.63, 3.8) is 0 Å². The van der Waals surface area contributed by atoms with E-state index in [-0.39, 0.29) is 11.8 Å². The zero-order valence-corrected chi connectivity index (χ0v) is 17.2. The first-order valence-corrected chi connectivity index (χ1v) is 11.3. The maximum absolute atomic E-state index is 12.9. The van der Waals surface area contributed by atoms with Gasteiger partial charge in [0.2, 0.25) is 5.91 Å². The van der Waals surface area contributed by atoms with E-state index in [4.69, 9.17) is 0 Å². The number of amides is 2. The van der Waals surface area contributed by atoms with Gasteiger partial charge in [0, 0.05) is 50.1 Å². The maximum Gasteiger partial charge on any atom is 0.263 e. The second-order valence-electron chi connectivity index (χ2n) is 8.33. The second kappa shape index (κ2) is 8.31. The highest BCUT2D eigenvalue weighted by atomic mass is 32.1. The lowest BCUT2D eigenvalue weighted by Crippen LogP contribution is -2.49. The molecule has 0 saturated carbocycles. The minimum absolute atomic E-state index is 0.0941. The predicted molar refractivity (Wildman–Crippen MR) is 108 cm³/mol. The van der Waals surface area contributed by atoms with Crippen LogP contribution in [0.2, 0.25) is 0 Å². The van der Waals surface area contributed by atoms with Crippen molar-refractivity contribution in [2.45, 2.75) is 44.9 Å². The fraction of sp³-hybridized carbons (Fsp3) is 0.714. The van der Waals surface area contributed by atoms with Gasteiger partial charge in [-0.15, -0.1) is 11.3 Å². The number of rotatable bonds is 2. The average Bonchev–Trinajstić information content (AvgIpc) is 2.92. The molecular formula is C21H31N3O2S. The number of fused-ring (bicyclic) bond motifs is 1. The number of hydrogen-bond acceptors (Lipinski definition) is 4. The van der Waals surface area contributed by atoms with Crippen LogP contribution in [0.5, 0.6) is 0 Å². The van der Waals surface area contributed by atoms with Gasteiger partial charge in [-0.2, -0.15) is 0 Å². The van der Waals surface area contributed by atoms with E-state index in [1.165, 1.54) is 23.3 Å². The van der Waals surface area contributed by atoms with Crippen molar-refractivity contribution in [3.05, 3.63) is 21.4 Å². The molecule has 27 heavy (non-hydrogen) atoms. The van der Waals surface area contributed by atoms with Crippen LogP contribution in [0.1, 0.15) is 52.2 Å². The van der Waals surface area contributed by atoms with Crippen LogP contribution in [0.4, 0.5) is 0 Å². The van der Waals surface area contributed by atoms with Crippen molar-refractivity contribution in [1.29, 1.82) is 0 Å². The van der Waals surface area contributed by atoms with Gasteiger partial charge < -0.3 is 14.7 Å². The van der Waals surface area contributed by atoms with Crippen molar-refractivity contribution >= 4 is 23.2 Å². The van der Waals surface area contributed by atoms with Crippen LogP contribution in [0.15, 0.2) is 6.07 Å². The average molecular weight is 390 g/mol. The fourth-order valence-electron chi connectivity index (χ4n) is 4.55. The number of piperazine rings is 1. The molecule has 4 rings (SSSR count). The largest absolute Gasteiger partial charge is 0.340 e.